The van der Waals surface area contributed by atoms with Crippen molar-refractivity contribution in [2.45, 2.75) is 10.8 Å². The van der Waals surface area contributed by atoms with E-state index in [2.05, 4.69) is 39.4 Å². The average Bonchev–Trinajstić information content (AvgIpc) is 3.37. The highest BCUT2D eigenvalue weighted by Gasteiger charge is 2.24. The number of anilines is 2. The zero-order valence-corrected chi connectivity index (χ0v) is 20.2. The Balaban J connectivity index is 1.27. The Hall–Kier alpha value is -2.72. The van der Waals surface area contributed by atoms with Crippen LogP contribution in [0.2, 0.25) is 0 Å². The fraction of sp³-hybridized carbons (Fsp3) is 0.292. The number of nitrogens with zero attached hydrogens (tertiary/aromatic N) is 3. The molecule has 0 bridgehead atoms. The molecule has 1 aromatic heterocycles. The summed E-state index contributed by atoms with van der Waals surface area (Å²) in [5.41, 5.74) is 3.10. The van der Waals surface area contributed by atoms with Gasteiger partial charge in [0, 0.05) is 51.1 Å². The van der Waals surface area contributed by atoms with Crippen LogP contribution < -0.4 is 10.2 Å². The van der Waals surface area contributed by atoms with Crippen LogP contribution in [0.1, 0.15) is 5.56 Å². The van der Waals surface area contributed by atoms with Gasteiger partial charge in [-0.05, 0) is 41.3 Å². The van der Waals surface area contributed by atoms with Crippen molar-refractivity contribution >= 4 is 38.6 Å². The van der Waals surface area contributed by atoms with E-state index in [9.17, 15) is 13.2 Å². The van der Waals surface area contributed by atoms with Gasteiger partial charge in [-0.2, -0.15) is 4.31 Å². The van der Waals surface area contributed by atoms with Crippen molar-refractivity contribution in [3.63, 3.8) is 0 Å². The Bertz CT molecular complexity index is 1140. The summed E-state index contributed by atoms with van der Waals surface area (Å²) < 4.78 is 26.2. The van der Waals surface area contributed by atoms with Crippen molar-refractivity contribution < 1.29 is 13.2 Å². The molecule has 0 spiro atoms. The molecule has 1 saturated heterocycles. The highest BCUT2D eigenvalue weighted by atomic mass is 32.2. The monoisotopic (exact) mass is 484 g/mol. The van der Waals surface area contributed by atoms with Gasteiger partial charge in [-0.25, -0.2) is 8.42 Å². The van der Waals surface area contributed by atoms with Crippen LogP contribution in [0.5, 0.6) is 0 Å². The summed E-state index contributed by atoms with van der Waals surface area (Å²) in [4.78, 5) is 17.2. The van der Waals surface area contributed by atoms with Gasteiger partial charge in [-0.3, -0.25) is 9.69 Å². The number of carbonyl (C=O) groups is 1. The number of likely N-dealkylation sites (N-methyl/N-ethyl adjacent to an activating group) is 1. The normalized spacial score (nSPS) is 15.0. The van der Waals surface area contributed by atoms with Gasteiger partial charge in [0.05, 0.1) is 6.54 Å². The lowest BCUT2D eigenvalue weighted by molar-refractivity contribution is -0.116. The number of piperazine rings is 1. The molecular formula is C24H28N4O3S2. The first-order chi connectivity index (χ1) is 15.9. The minimum atomic E-state index is -3.65. The molecule has 1 fully saturated rings. The molecule has 0 atom stereocenters. The maximum absolute atomic E-state index is 12.5. The number of rotatable bonds is 8. The molecule has 0 saturated carbocycles. The molecule has 3 aromatic rings. The summed E-state index contributed by atoms with van der Waals surface area (Å²) in [5.74, 6) is -0.375. The Labute approximate surface area is 199 Å². The van der Waals surface area contributed by atoms with E-state index < -0.39 is 10.0 Å². The summed E-state index contributed by atoms with van der Waals surface area (Å²) >= 11 is 1.14. The standard InChI is InChI=1S/C24H28N4O3S2/c1-26(33(30,31)24-8-5-17-32-24)19-23(29)25-21-9-11-22(12-10-21)28-15-13-27(14-16-28)18-20-6-3-2-4-7-20/h2-12,17H,13-16,18-19H2,1H3,(H,25,29). The smallest absolute Gasteiger partial charge is 0.252 e. The van der Waals surface area contributed by atoms with Crippen LogP contribution in [0.25, 0.3) is 0 Å². The Morgan fingerprint density at radius 3 is 2.30 bits per heavy atom. The van der Waals surface area contributed by atoms with E-state index in [-0.39, 0.29) is 16.7 Å². The predicted molar refractivity (Wildman–Crippen MR) is 133 cm³/mol. The van der Waals surface area contributed by atoms with E-state index >= 15 is 0 Å². The Kier molecular flexibility index (Phi) is 7.44. The third-order valence-electron chi connectivity index (χ3n) is 5.66. The lowest BCUT2D eigenvalue weighted by atomic mass is 10.2. The maximum atomic E-state index is 12.5. The first-order valence-electron chi connectivity index (χ1n) is 10.8. The third-order valence-corrected chi connectivity index (χ3v) is 8.84. The minimum Gasteiger partial charge on any atom is -0.369 e. The van der Waals surface area contributed by atoms with E-state index in [1.165, 1.54) is 18.7 Å². The van der Waals surface area contributed by atoms with Gasteiger partial charge in [0.25, 0.3) is 10.0 Å². The highest BCUT2D eigenvalue weighted by molar-refractivity contribution is 7.91. The van der Waals surface area contributed by atoms with Crippen LogP contribution >= 0.6 is 11.3 Å². The molecule has 2 heterocycles. The first-order valence-corrected chi connectivity index (χ1v) is 13.1. The van der Waals surface area contributed by atoms with E-state index in [0.29, 0.717) is 5.69 Å². The zero-order chi connectivity index (χ0) is 23.3. The van der Waals surface area contributed by atoms with Crippen molar-refractivity contribution in [3.05, 3.63) is 77.7 Å². The molecule has 9 heteroatoms. The van der Waals surface area contributed by atoms with Gasteiger partial charge in [-0.1, -0.05) is 36.4 Å². The number of hydrogen-bond donors (Lipinski definition) is 1. The molecule has 7 nitrogen and oxygen atoms in total. The minimum absolute atomic E-state index is 0.228. The molecule has 174 valence electrons. The molecule has 4 rings (SSSR count). The summed E-state index contributed by atoms with van der Waals surface area (Å²) in [6, 6.07) is 21.4. The van der Waals surface area contributed by atoms with Crippen molar-refractivity contribution in [1.82, 2.24) is 9.21 Å². The summed E-state index contributed by atoms with van der Waals surface area (Å²) in [7, 11) is -2.24. The molecule has 0 unspecified atom stereocenters. The summed E-state index contributed by atoms with van der Waals surface area (Å²) in [6.07, 6.45) is 0. The molecule has 2 aromatic carbocycles. The fourth-order valence-corrected chi connectivity index (χ4v) is 6.14. The van der Waals surface area contributed by atoms with E-state index in [4.69, 9.17) is 0 Å². The second-order valence-corrected chi connectivity index (χ2v) is 11.3. The molecule has 1 aliphatic heterocycles. The molecule has 0 aliphatic carbocycles. The van der Waals surface area contributed by atoms with Gasteiger partial charge < -0.3 is 10.2 Å². The number of carbonyl (C=O) groups excluding carboxylic acids is 1. The lowest BCUT2D eigenvalue weighted by Crippen LogP contribution is -2.45. The van der Waals surface area contributed by atoms with E-state index in [1.807, 2.05) is 30.3 Å². The Morgan fingerprint density at radius 2 is 1.67 bits per heavy atom. The second-order valence-electron chi connectivity index (χ2n) is 8.04. The van der Waals surface area contributed by atoms with Gasteiger partial charge in [0.2, 0.25) is 5.91 Å². The topological polar surface area (TPSA) is 73.0 Å². The van der Waals surface area contributed by atoms with Gasteiger partial charge in [0.15, 0.2) is 0 Å². The van der Waals surface area contributed by atoms with Crippen molar-refractivity contribution in [1.29, 1.82) is 0 Å². The summed E-state index contributed by atoms with van der Waals surface area (Å²) in [6.45, 7) is 4.62. The second kappa shape index (κ2) is 10.5. The maximum Gasteiger partial charge on any atom is 0.252 e. The number of thiophene rings is 1. The SMILES string of the molecule is CN(CC(=O)Nc1ccc(N2CCN(Cc3ccccc3)CC2)cc1)S(=O)(=O)c1cccs1. The van der Waals surface area contributed by atoms with E-state index in [0.717, 1.165) is 54.1 Å². The van der Waals surface area contributed by atoms with Crippen LogP contribution in [0.4, 0.5) is 11.4 Å². The number of benzene rings is 2. The lowest BCUT2D eigenvalue weighted by Gasteiger charge is -2.36. The van der Waals surface area contributed by atoms with Gasteiger partial charge in [0.1, 0.15) is 4.21 Å². The van der Waals surface area contributed by atoms with E-state index in [1.54, 1.807) is 11.4 Å². The number of amides is 1. The predicted octanol–water partition coefficient (Wildman–Crippen LogP) is 3.33. The van der Waals surface area contributed by atoms with Crippen LogP contribution in [0, 0.1) is 0 Å². The third kappa shape index (κ3) is 6.00. The molecular weight excluding hydrogens is 456 g/mol. The quantitative estimate of drug-likeness (QED) is 0.531. The number of hydrogen-bond acceptors (Lipinski definition) is 6. The largest absolute Gasteiger partial charge is 0.369 e. The number of nitrogens with one attached hydrogen (secondary N) is 1. The van der Waals surface area contributed by atoms with Crippen LogP contribution in [0.3, 0.4) is 0 Å². The average molecular weight is 485 g/mol. The van der Waals surface area contributed by atoms with Crippen LogP contribution in [0.15, 0.2) is 76.3 Å². The van der Waals surface area contributed by atoms with Crippen LogP contribution in [-0.4, -0.2) is 63.3 Å². The highest BCUT2D eigenvalue weighted by Crippen LogP contribution is 2.22. The van der Waals surface area contributed by atoms with Crippen LogP contribution in [-0.2, 0) is 21.4 Å². The molecule has 0 radical (unpaired) electrons. The zero-order valence-electron chi connectivity index (χ0n) is 18.6. The van der Waals surface area contributed by atoms with Crippen molar-refractivity contribution in [2.24, 2.45) is 0 Å². The molecule has 33 heavy (non-hydrogen) atoms. The molecule has 1 N–H and O–H groups in total. The Morgan fingerprint density at radius 1 is 0.970 bits per heavy atom. The first kappa shape index (κ1) is 23.4. The molecule has 1 amide bonds. The van der Waals surface area contributed by atoms with Crippen molar-refractivity contribution in [3.8, 4) is 0 Å². The van der Waals surface area contributed by atoms with Gasteiger partial charge >= 0.3 is 0 Å². The molecule has 1 aliphatic rings. The fourth-order valence-electron chi connectivity index (χ4n) is 3.81. The number of sulfonamides is 1. The van der Waals surface area contributed by atoms with Crippen molar-refractivity contribution in [2.75, 3.05) is 50.0 Å². The summed E-state index contributed by atoms with van der Waals surface area (Å²) in [5, 5.41) is 4.49. The van der Waals surface area contributed by atoms with Gasteiger partial charge in [-0.15, -0.1) is 11.3 Å².